The van der Waals surface area contributed by atoms with E-state index in [9.17, 15) is 4.79 Å². The molecule has 0 radical (unpaired) electrons. The van der Waals surface area contributed by atoms with Gasteiger partial charge in [-0.2, -0.15) is 0 Å². The number of thioether (sulfide) groups is 1. The summed E-state index contributed by atoms with van der Waals surface area (Å²) in [6, 6.07) is 7.74. The first-order valence-corrected chi connectivity index (χ1v) is 8.41. The quantitative estimate of drug-likeness (QED) is 0.850. The average molecular weight is 313 g/mol. The minimum absolute atomic E-state index is 0.266. The van der Waals surface area contributed by atoms with Crippen LogP contribution < -0.4 is 5.73 Å². The maximum atomic E-state index is 12.1. The molecule has 0 aromatic heterocycles. The highest BCUT2D eigenvalue weighted by Crippen LogP contribution is 2.22. The van der Waals surface area contributed by atoms with Crippen LogP contribution in [0.25, 0.3) is 0 Å². The molecule has 1 fully saturated rings. The van der Waals surface area contributed by atoms with E-state index < -0.39 is 0 Å². The molecule has 0 atom stereocenters. The number of nitrogens with two attached hydrogens (primary N) is 1. The highest BCUT2D eigenvalue weighted by atomic mass is 35.5. The second kappa shape index (κ2) is 7.91. The third-order valence-electron chi connectivity index (χ3n) is 3.70. The van der Waals surface area contributed by atoms with Crippen molar-refractivity contribution >= 4 is 29.3 Å². The van der Waals surface area contributed by atoms with Gasteiger partial charge in [-0.15, -0.1) is 11.8 Å². The summed E-state index contributed by atoms with van der Waals surface area (Å²) in [5, 5.41) is 0.744. The van der Waals surface area contributed by atoms with Gasteiger partial charge >= 0.3 is 0 Å². The van der Waals surface area contributed by atoms with Gasteiger partial charge in [-0.05, 0) is 49.6 Å². The van der Waals surface area contributed by atoms with Crippen molar-refractivity contribution in [3.63, 3.8) is 0 Å². The summed E-state index contributed by atoms with van der Waals surface area (Å²) in [6.07, 6.45) is 2.69. The number of amides is 1. The number of carbonyl (C=O) groups excluding carboxylic acids is 1. The number of likely N-dealkylation sites (tertiary alicyclic amines) is 1. The number of hydrogen-bond acceptors (Lipinski definition) is 3. The summed E-state index contributed by atoms with van der Waals surface area (Å²) < 4.78 is 0. The van der Waals surface area contributed by atoms with E-state index in [1.165, 1.54) is 0 Å². The van der Waals surface area contributed by atoms with Gasteiger partial charge in [0, 0.05) is 35.2 Å². The van der Waals surface area contributed by atoms with Crippen LogP contribution in [0.15, 0.2) is 29.2 Å². The third kappa shape index (κ3) is 4.69. The Kier molecular flexibility index (Phi) is 6.20. The molecular formula is C15H21ClN2OS. The summed E-state index contributed by atoms with van der Waals surface area (Å²) in [5.41, 5.74) is 5.66. The van der Waals surface area contributed by atoms with E-state index in [1.54, 1.807) is 11.8 Å². The molecule has 2 rings (SSSR count). The average Bonchev–Trinajstić information content (AvgIpc) is 2.49. The van der Waals surface area contributed by atoms with Crippen molar-refractivity contribution in [2.45, 2.75) is 24.2 Å². The van der Waals surface area contributed by atoms with Crippen molar-refractivity contribution in [2.24, 2.45) is 11.7 Å². The molecule has 5 heteroatoms. The largest absolute Gasteiger partial charge is 0.343 e. The van der Waals surface area contributed by atoms with E-state index in [-0.39, 0.29) is 5.91 Å². The van der Waals surface area contributed by atoms with E-state index in [0.29, 0.717) is 12.3 Å². The molecular weight excluding hydrogens is 292 g/mol. The molecule has 110 valence electrons. The molecule has 20 heavy (non-hydrogen) atoms. The van der Waals surface area contributed by atoms with Crippen LogP contribution in [0.2, 0.25) is 5.02 Å². The molecule has 0 aliphatic carbocycles. The molecule has 1 saturated heterocycles. The molecule has 0 spiro atoms. The normalized spacial score (nSPS) is 16.4. The topological polar surface area (TPSA) is 46.3 Å². The summed E-state index contributed by atoms with van der Waals surface area (Å²) in [5.74, 6) is 1.68. The zero-order chi connectivity index (χ0) is 14.4. The molecule has 1 aromatic carbocycles. The maximum absolute atomic E-state index is 12.1. The lowest BCUT2D eigenvalue weighted by Gasteiger charge is -2.31. The van der Waals surface area contributed by atoms with Crippen LogP contribution >= 0.6 is 23.4 Å². The molecule has 3 nitrogen and oxygen atoms in total. The standard InChI is InChI=1S/C15H21ClN2OS/c16-13-1-3-14(4-2-13)20-10-7-15(19)18-8-5-12(11-17)6-9-18/h1-4,12H,5-11,17H2. The smallest absolute Gasteiger partial charge is 0.223 e. The van der Waals surface area contributed by atoms with Gasteiger partial charge in [-0.25, -0.2) is 0 Å². The lowest BCUT2D eigenvalue weighted by Crippen LogP contribution is -2.40. The number of nitrogens with zero attached hydrogens (tertiary/aromatic N) is 1. The molecule has 2 N–H and O–H groups in total. The summed E-state index contributed by atoms with van der Waals surface area (Å²) in [6.45, 7) is 2.48. The number of carbonyl (C=O) groups is 1. The van der Waals surface area contributed by atoms with E-state index >= 15 is 0 Å². The first-order chi connectivity index (χ1) is 9.69. The van der Waals surface area contributed by atoms with Crippen LogP contribution in [-0.2, 0) is 4.79 Å². The van der Waals surface area contributed by atoms with Crippen LogP contribution in [0.5, 0.6) is 0 Å². The van der Waals surface area contributed by atoms with Crippen LogP contribution in [0, 0.1) is 5.92 Å². The van der Waals surface area contributed by atoms with Gasteiger partial charge in [0.15, 0.2) is 0 Å². The predicted molar refractivity (Wildman–Crippen MR) is 85.2 cm³/mol. The van der Waals surface area contributed by atoms with Crippen molar-refractivity contribution < 1.29 is 4.79 Å². The van der Waals surface area contributed by atoms with Crippen LogP contribution in [-0.4, -0.2) is 36.2 Å². The Morgan fingerprint density at radius 3 is 2.55 bits per heavy atom. The minimum atomic E-state index is 0.266. The Hall–Kier alpha value is -0.710. The van der Waals surface area contributed by atoms with Gasteiger partial charge in [0.05, 0.1) is 0 Å². The van der Waals surface area contributed by atoms with Gasteiger partial charge in [0.2, 0.25) is 5.91 Å². The fourth-order valence-electron chi connectivity index (χ4n) is 2.36. The number of hydrogen-bond donors (Lipinski definition) is 1. The molecule has 0 saturated carbocycles. The van der Waals surface area contributed by atoms with Gasteiger partial charge in [0.1, 0.15) is 0 Å². The Balaban J connectivity index is 1.69. The highest BCUT2D eigenvalue weighted by Gasteiger charge is 2.21. The zero-order valence-corrected chi connectivity index (χ0v) is 13.1. The first-order valence-electron chi connectivity index (χ1n) is 7.05. The Morgan fingerprint density at radius 2 is 1.95 bits per heavy atom. The van der Waals surface area contributed by atoms with Gasteiger partial charge in [-0.3, -0.25) is 4.79 Å². The highest BCUT2D eigenvalue weighted by molar-refractivity contribution is 7.99. The fourth-order valence-corrected chi connectivity index (χ4v) is 3.33. The van der Waals surface area contributed by atoms with Crippen LogP contribution in [0.3, 0.4) is 0 Å². The third-order valence-corrected chi connectivity index (χ3v) is 4.96. The summed E-state index contributed by atoms with van der Waals surface area (Å²) >= 11 is 7.54. The molecule has 1 heterocycles. The molecule has 1 amide bonds. The van der Waals surface area contributed by atoms with Gasteiger partial charge in [-0.1, -0.05) is 11.6 Å². The number of benzene rings is 1. The monoisotopic (exact) mass is 312 g/mol. The summed E-state index contributed by atoms with van der Waals surface area (Å²) in [4.78, 5) is 15.2. The van der Waals surface area contributed by atoms with Crippen molar-refractivity contribution in [3.8, 4) is 0 Å². The van der Waals surface area contributed by atoms with Crippen molar-refractivity contribution in [3.05, 3.63) is 29.3 Å². The van der Waals surface area contributed by atoms with Crippen molar-refractivity contribution in [2.75, 3.05) is 25.4 Å². The number of halogens is 1. The Bertz CT molecular complexity index is 430. The predicted octanol–water partition coefficient (Wildman–Crippen LogP) is 3.02. The van der Waals surface area contributed by atoms with Gasteiger partial charge < -0.3 is 10.6 Å². The lowest BCUT2D eigenvalue weighted by atomic mass is 9.97. The molecule has 1 aliphatic heterocycles. The minimum Gasteiger partial charge on any atom is -0.343 e. The first kappa shape index (κ1) is 15.7. The van der Waals surface area contributed by atoms with Gasteiger partial charge in [0.25, 0.3) is 0 Å². The SMILES string of the molecule is NCC1CCN(C(=O)CCSc2ccc(Cl)cc2)CC1. The van der Waals surface area contributed by atoms with Crippen molar-refractivity contribution in [1.29, 1.82) is 0 Å². The van der Waals surface area contributed by atoms with Crippen LogP contribution in [0.4, 0.5) is 0 Å². The molecule has 0 bridgehead atoms. The Morgan fingerprint density at radius 1 is 1.30 bits per heavy atom. The molecule has 1 aliphatic rings. The van der Waals surface area contributed by atoms with E-state index in [4.69, 9.17) is 17.3 Å². The Labute approximate surface area is 129 Å². The summed E-state index contributed by atoms with van der Waals surface area (Å²) in [7, 11) is 0. The number of rotatable bonds is 5. The van der Waals surface area contributed by atoms with E-state index in [0.717, 1.165) is 48.1 Å². The second-order valence-corrected chi connectivity index (χ2v) is 6.72. The van der Waals surface area contributed by atoms with E-state index in [1.807, 2.05) is 29.2 Å². The van der Waals surface area contributed by atoms with Crippen LogP contribution in [0.1, 0.15) is 19.3 Å². The fraction of sp³-hybridized carbons (Fsp3) is 0.533. The van der Waals surface area contributed by atoms with E-state index in [2.05, 4.69) is 0 Å². The number of piperidine rings is 1. The molecule has 1 aromatic rings. The van der Waals surface area contributed by atoms with Crippen molar-refractivity contribution in [1.82, 2.24) is 4.90 Å². The molecule has 0 unspecified atom stereocenters. The maximum Gasteiger partial charge on any atom is 0.223 e. The lowest BCUT2D eigenvalue weighted by molar-refractivity contribution is -0.132. The second-order valence-electron chi connectivity index (χ2n) is 5.11. The zero-order valence-electron chi connectivity index (χ0n) is 11.6.